The average molecular weight is 264 g/mol. The first kappa shape index (κ1) is 11.7. The van der Waals surface area contributed by atoms with Crippen LogP contribution in [0.25, 0.3) is 0 Å². The first-order valence-corrected chi connectivity index (χ1v) is 7.20. The van der Waals surface area contributed by atoms with Crippen LogP contribution < -0.4 is 0 Å². The van der Waals surface area contributed by atoms with E-state index in [2.05, 4.69) is 24.3 Å². The van der Waals surface area contributed by atoms with Gasteiger partial charge in [-0.15, -0.1) is 0 Å². The second-order valence-corrected chi connectivity index (χ2v) is 5.70. The average Bonchev–Trinajstić information content (AvgIpc) is 3.27. The van der Waals surface area contributed by atoms with E-state index in [4.69, 9.17) is 4.74 Å². The third kappa shape index (κ3) is 2.01. The van der Waals surface area contributed by atoms with E-state index in [0.29, 0.717) is 5.92 Å². The minimum Gasteiger partial charge on any atom is -0.454 e. The SMILES string of the molecule is O=C1OC(Cc2ccccc2)c2cc(C3CC3)ccc21. The topological polar surface area (TPSA) is 26.3 Å². The predicted molar refractivity (Wildman–Crippen MR) is 76.7 cm³/mol. The highest BCUT2D eigenvalue weighted by molar-refractivity contribution is 5.94. The van der Waals surface area contributed by atoms with Crippen LogP contribution in [-0.2, 0) is 11.2 Å². The minimum absolute atomic E-state index is 0.126. The van der Waals surface area contributed by atoms with Crippen LogP contribution in [0.1, 0.15) is 51.9 Å². The Bertz CT molecular complexity index is 656. The molecule has 1 atom stereocenters. The lowest BCUT2D eigenvalue weighted by Crippen LogP contribution is -2.02. The fourth-order valence-corrected chi connectivity index (χ4v) is 2.94. The molecule has 0 bridgehead atoms. The van der Waals surface area contributed by atoms with Crippen LogP contribution in [-0.4, -0.2) is 5.97 Å². The van der Waals surface area contributed by atoms with Crippen LogP contribution in [0.2, 0.25) is 0 Å². The molecule has 0 saturated heterocycles. The Kier molecular flexibility index (Phi) is 2.62. The van der Waals surface area contributed by atoms with Gasteiger partial charge in [-0.3, -0.25) is 0 Å². The van der Waals surface area contributed by atoms with Gasteiger partial charge >= 0.3 is 5.97 Å². The molecule has 4 rings (SSSR count). The lowest BCUT2D eigenvalue weighted by atomic mass is 9.96. The Morgan fingerprint density at radius 1 is 1.05 bits per heavy atom. The normalized spacial score (nSPS) is 20.6. The molecule has 100 valence electrons. The maximum atomic E-state index is 11.9. The van der Waals surface area contributed by atoms with E-state index in [1.54, 1.807) is 0 Å². The van der Waals surface area contributed by atoms with Crippen LogP contribution in [0.4, 0.5) is 0 Å². The molecule has 20 heavy (non-hydrogen) atoms. The summed E-state index contributed by atoms with van der Waals surface area (Å²) in [6, 6.07) is 16.4. The standard InChI is InChI=1S/C18H16O2/c19-18-15-9-8-14(13-6-7-13)11-16(15)17(20-18)10-12-4-2-1-3-5-12/h1-5,8-9,11,13,17H,6-7,10H2. The van der Waals surface area contributed by atoms with Crippen molar-refractivity contribution in [2.45, 2.75) is 31.3 Å². The summed E-state index contributed by atoms with van der Waals surface area (Å²) in [4.78, 5) is 11.9. The van der Waals surface area contributed by atoms with E-state index in [-0.39, 0.29) is 12.1 Å². The molecule has 1 fully saturated rings. The van der Waals surface area contributed by atoms with E-state index in [1.807, 2.05) is 24.3 Å². The van der Waals surface area contributed by atoms with Crippen LogP contribution >= 0.6 is 0 Å². The zero-order valence-corrected chi connectivity index (χ0v) is 11.2. The largest absolute Gasteiger partial charge is 0.454 e. The second-order valence-electron chi connectivity index (χ2n) is 5.70. The lowest BCUT2D eigenvalue weighted by Gasteiger charge is -2.11. The number of rotatable bonds is 3. The molecule has 2 aliphatic rings. The lowest BCUT2D eigenvalue weighted by molar-refractivity contribution is 0.0387. The molecule has 2 aromatic carbocycles. The number of hydrogen-bond donors (Lipinski definition) is 0. The van der Waals surface area contributed by atoms with Crippen molar-refractivity contribution in [2.75, 3.05) is 0 Å². The molecular weight excluding hydrogens is 248 g/mol. The van der Waals surface area contributed by atoms with Crippen LogP contribution in [0.5, 0.6) is 0 Å². The van der Waals surface area contributed by atoms with Gasteiger partial charge in [0.2, 0.25) is 0 Å². The summed E-state index contributed by atoms with van der Waals surface area (Å²) >= 11 is 0. The Morgan fingerprint density at radius 3 is 2.60 bits per heavy atom. The van der Waals surface area contributed by atoms with Gasteiger partial charge in [0, 0.05) is 12.0 Å². The smallest absolute Gasteiger partial charge is 0.339 e. The summed E-state index contributed by atoms with van der Waals surface area (Å²) in [5.74, 6) is 0.525. The van der Waals surface area contributed by atoms with Gasteiger partial charge in [0.25, 0.3) is 0 Å². The maximum absolute atomic E-state index is 11.9. The number of ether oxygens (including phenoxy) is 1. The van der Waals surface area contributed by atoms with Crippen LogP contribution in [0, 0.1) is 0 Å². The van der Waals surface area contributed by atoms with E-state index >= 15 is 0 Å². The maximum Gasteiger partial charge on any atom is 0.339 e. The number of esters is 1. The first-order chi connectivity index (χ1) is 9.81. The fraction of sp³-hybridized carbons (Fsp3) is 0.278. The highest BCUT2D eigenvalue weighted by Crippen LogP contribution is 2.43. The molecule has 1 unspecified atom stereocenters. The quantitative estimate of drug-likeness (QED) is 0.783. The van der Waals surface area contributed by atoms with E-state index in [1.165, 1.54) is 24.0 Å². The van der Waals surface area contributed by atoms with Crippen molar-refractivity contribution in [1.82, 2.24) is 0 Å². The summed E-state index contributed by atoms with van der Waals surface area (Å²) in [5.41, 5.74) is 4.38. The van der Waals surface area contributed by atoms with Gasteiger partial charge < -0.3 is 4.74 Å². The van der Waals surface area contributed by atoms with Gasteiger partial charge in [-0.2, -0.15) is 0 Å². The van der Waals surface area contributed by atoms with Crippen molar-refractivity contribution in [3.8, 4) is 0 Å². The number of fused-ring (bicyclic) bond motifs is 1. The van der Waals surface area contributed by atoms with Crippen LogP contribution in [0.15, 0.2) is 48.5 Å². The summed E-state index contributed by atoms with van der Waals surface area (Å²) < 4.78 is 5.55. The predicted octanol–water partition coefficient (Wildman–Crippen LogP) is 4.02. The van der Waals surface area contributed by atoms with Crippen molar-refractivity contribution in [1.29, 1.82) is 0 Å². The molecule has 1 aliphatic carbocycles. The van der Waals surface area contributed by atoms with Gasteiger partial charge in [-0.1, -0.05) is 42.5 Å². The third-order valence-electron chi connectivity index (χ3n) is 4.20. The Labute approximate surface area is 118 Å². The molecule has 0 spiro atoms. The van der Waals surface area contributed by atoms with Gasteiger partial charge in [-0.05, 0) is 36.0 Å². The van der Waals surface area contributed by atoms with Crippen molar-refractivity contribution in [3.63, 3.8) is 0 Å². The van der Waals surface area contributed by atoms with Crippen molar-refractivity contribution < 1.29 is 9.53 Å². The Morgan fingerprint density at radius 2 is 1.85 bits per heavy atom. The highest BCUT2D eigenvalue weighted by atomic mass is 16.5. The Balaban J connectivity index is 1.67. The van der Waals surface area contributed by atoms with E-state index in [9.17, 15) is 4.79 Å². The number of carbonyl (C=O) groups excluding carboxylic acids is 1. The molecule has 1 heterocycles. The van der Waals surface area contributed by atoms with Gasteiger partial charge in [0.05, 0.1) is 5.56 Å². The van der Waals surface area contributed by atoms with Gasteiger partial charge in [-0.25, -0.2) is 4.79 Å². The molecular formula is C18H16O2. The molecule has 0 amide bonds. The van der Waals surface area contributed by atoms with E-state index in [0.717, 1.165) is 17.5 Å². The summed E-state index contributed by atoms with van der Waals surface area (Å²) in [7, 11) is 0. The molecule has 0 N–H and O–H groups in total. The van der Waals surface area contributed by atoms with Crippen molar-refractivity contribution >= 4 is 5.97 Å². The molecule has 2 heteroatoms. The van der Waals surface area contributed by atoms with Crippen molar-refractivity contribution in [3.05, 3.63) is 70.8 Å². The molecule has 1 saturated carbocycles. The monoisotopic (exact) mass is 264 g/mol. The third-order valence-corrected chi connectivity index (χ3v) is 4.20. The zero-order valence-electron chi connectivity index (χ0n) is 11.2. The highest BCUT2D eigenvalue weighted by Gasteiger charge is 2.33. The molecule has 0 aromatic heterocycles. The summed E-state index contributed by atoms with van der Waals surface area (Å²) in [6.07, 6.45) is 3.18. The summed E-state index contributed by atoms with van der Waals surface area (Å²) in [5, 5.41) is 0. The number of benzene rings is 2. The van der Waals surface area contributed by atoms with Crippen LogP contribution in [0.3, 0.4) is 0 Å². The van der Waals surface area contributed by atoms with Gasteiger partial charge in [0.1, 0.15) is 6.10 Å². The van der Waals surface area contributed by atoms with Crippen molar-refractivity contribution in [2.24, 2.45) is 0 Å². The minimum atomic E-state index is -0.178. The Hall–Kier alpha value is -2.09. The number of carbonyl (C=O) groups is 1. The van der Waals surface area contributed by atoms with Gasteiger partial charge in [0.15, 0.2) is 0 Å². The first-order valence-electron chi connectivity index (χ1n) is 7.20. The number of cyclic esters (lactones) is 1. The summed E-state index contributed by atoms with van der Waals surface area (Å²) in [6.45, 7) is 0. The number of hydrogen-bond acceptors (Lipinski definition) is 2. The van der Waals surface area contributed by atoms with E-state index < -0.39 is 0 Å². The molecule has 1 aliphatic heterocycles. The second kappa shape index (κ2) is 4.48. The fourth-order valence-electron chi connectivity index (χ4n) is 2.94. The zero-order chi connectivity index (χ0) is 13.5. The molecule has 2 nitrogen and oxygen atoms in total. The molecule has 2 aromatic rings. The molecule has 0 radical (unpaired) electrons.